The molecule has 0 bridgehead atoms. The fourth-order valence-electron chi connectivity index (χ4n) is 6.01. The molecule has 2 unspecified atom stereocenters. The first-order valence-corrected chi connectivity index (χ1v) is 15.4. The van der Waals surface area contributed by atoms with Crippen LogP contribution in [0.4, 0.5) is 0 Å². The molecule has 3 fully saturated rings. The molecule has 0 radical (unpaired) electrons. The van der Waals surface area contributed by atoms with E-state index in [1.165, 1.54) is 5.56 Å². The Morgan fingerprint density at radius 2 is 1.77 bits per heavy atom. The van der Waals surface area contributed by atoms with Crippen LogP contribution in [-0.2, 0) is 30.2 Å². The molecular weight excluding hydrogens is 508 g/mol. The number of ether oxygens (including phenoxy) is 4. The Morgan fingerprint density at radius 3 is 2.48 bits per heavy atom. The van der Waals surface area contributed by atoms with E-state index in [1.54, 1.807) is 0 Å². The predicted molar refractivity (Wildman–Crippen MR) is 154 cm³/mol. The SMILES string of the molecule is O=C(O)CCCC=CC[C@@H]1[C@@H](/C=C/C(CCc2ccccc2)O[C@H]2CCCCO2)[C@H](OC2CCCCO2)C[C@@H]1O. The molecule has 1 saturated carbocycles. The highest BCUT2D eigenvalue weighted by Gasteiger charge is 2.42. The maximum atomic E-state index is 11.1. The average Bonchev–Trinajstić information content (AvgIpc) is 3.26. The van der Waals surface area contributed by atoms with Gasteiger partial charge in [-0.1, -0.05) is 54.6 Å². The third-order valence-electron chi connectivity index (χ3n) is 8.27. The van der Waals surface area contributed by atoms with Gasteiger partial charge in [-0.2, -0.15) is 0 Å². The second kappa shape index (κ2) is 17.0. The standard InChI is InChI=1S/C33H48O7/c34-29-24-30(40-33-17-9-11-23-38-33)28(27(29)14-6-1-2-7-15-31(35)36)21-20-26(39-32-16-8-10-22-37-32)19-18-25-12-4-3-5-13-25/h1,3-6,12-13,20-21,26-30,32-34H,2,7-11,14-19,22-24H2,(H,35,36)/b6-1?,21-20+/t26?,27-,28-,29+,30-,32+,33?/m1/s1. The summed E-state index contributed by atoms with van der Waals surface area (Å²) in [7, 11) is 0. The number of aliphatic hydroxyl groups excluding tert-OH is 1. The lowest BCUT2D eigenvalue weighted by atomic mass is 9.89. The maximum absolute atomic E-state index is 11.1. The maximum Gasteiger partial charge on any atom is 0.303 e. The number of aryl methyl sites for hydroxylation is 1. The fourth-order valence-corrected chi connectivity index (χ4v) is 6.01. The first kappa shape index (κ1) is 30.9. The Kier molecular flexibility index (Phi) is 13.2. The van der Waals surface area contributed by atoms with Crippen molar-refractivity contribution in [3.8, 4) is 0 Å². The predicted octanol–water partition coefficient (Wildman–Crippen LogP) is 6.20. The van der Waals surface area contributed by atoms with E-state index in [0.29, 0.717) is 12.8 Å². The molecule has 2 heterocycles. The first-order valence-electron chi connectivity index (χ1n) is 15.4. The lowest BCUT2D eigenvalue weighted by molar-refractivity contribution is -0.193. The van der Waals surface area contributed by atoms with E-state index >= 15 is 0 Å². The summed E-state index contributed by atoms with van der Waals surface area (Å²) >= 11 is 0. The van der Waals surface area contributed by atoms with Gasteiger partial charge in [0.25, 0.3) is 0 Å². The summed E-state index contributed by atoms with van der Waals surface area (Å²) in [6, 6.07) is 10.5. The van der Waals surface area contributed by atoms with Crippen LogP contribution in [0.2, 0.25) is 0 Å². The quantitative estimate of drug-likeness (QED) is 0.196. The summed E-state index contributed by atoms with van der Waals surface area (Å²) < 4.78 is 24.7. The molecule has 1 aliphatic carbocycles. The van der Waals surface area contributed by atoms with E-state index in [1.807, 2.05) is 12.1 Å². The minimum Gasteiger partial charge on any atom is -0.481 e. The van der Waals surface area contributed by atoms with E-state index in [-0.39, 0.29) is 43.0 Å². The number of carbonyl (C=O) groups is 1. The van der Waals surface area contributed by atoms with Crippen molar-refractivity contribution in [2.45, 2.75) is 114 Å². The van der Waals surface area contributed by atoms with Crippen molar-refractivity contribution in [2.24, 2.45) is 11.8 Å². The number of carboxylic acid groups (broad SMARTS) is 1. The molecule has 2 saturated heterocycles. The molecule has 7 heteroatoms. The van der Waals surface area contributed by atoms with E-state index in [2.05, 4.69) is 42.5 Å². The molecule has 1 aromatic rings. The Hall–Kier alpha value is -2.03. The third-order valence-corrected chi connectivity index (χ3v) is 8.27. The van der Waals surface area contributed by atoms with Crippen LogP contribution in [0.5, 0.6) is 0 Å². The van der Waals surface area contributed by atoms with Gasteiger partial charge < -0.3 is 29.2 Å². The number of aliphatic hydroxyl groups is 1. The van der Waals surface area contributed by atoms with Gasteiger partial charge in [0.05, 0.1) is 18.3 Å². The van der Waals surface area contributed by atoms with Gasteiger partial charge in [-0.15, -0.1) is 0 Å². The smallest absolute Gasteiger partial charge is 0.303 e. The summed E-state index contributed by atoms with van der Waals surface area (Å²) in [5.41, 5.74) is 1.28. The molecule has 0 aromatic heterocycles. The minimum atomic E-state index is -0.766. The number of allylic oxidation sites excluding steroid dienone is 2. The van der Waals surface area contributed by atoms with Gasteiger partial charge in [0.1, 0.15) is 0 Å². The van der Waals surface area contributed by atoms with Crippen LogP contribution in [0.25, 0.3) is 0 Å². The van der Waals surface area contributed by atoms with Gasteiger partial charge in [-0.05, 0) is 82.1 Å². The van der Waals surface area contributed by atoms with Crippen molar-refractivity contribution >= 4 is 5.97 Å². The molecule has 7 atom stereocenters. The molecule has 3 aliphatic rings. The van der Waals surface area contributed by atoms with E-state index in [9.17, 15) is 9.90 Å². The van der Waals surface area contributed by atoms with Crippen LogP contribution in [0, 0.1) is 11.8 Å². The lowest BCUT2D eigenvalue weighted by Crippen LogP contribution is -2.31. The van der Waals surface area contributed by atoms with Gasteiger partial charge in [-0.3, -0.25) is 4.79 Å². The summed E-state index contributed by atoms with van der Waals surface area (Å²) in [5, 5.41) is 20.0. The van der Waals surface area contributed by atoms with Gasteiger partial charge in [-0.25, -0.2) is 0 Å². The number of unbranched alkanes of at least 4 members (excludes halogenated alkanes) is 1. The first-order chi connectivity index (χ1) is 19.6. The number of rotatable bonds is 15. The van der Waals surface area contributed by atoms with Gasteiger partial charge in [0.2, 0.25) is 0 Å². The number of hydrogen-bond donors (Lipinski definition) is 2. The normalized spacial score (nSPS) is 30.2. The van der Waals surface area contributed by atoms with Gasteiger partial charge in [0, 0.05) is 32.0 Å². The molecule has 2 aliphatic heterocycles. The fraction of sp³-hybridized carbons (Fsp3) is 0.667. The lowest BCUT2D eigenvalue weighted by Gasteiger charge is -2.30. The molecule has 4 rings (SSSR count). The average molecular weight is 557 g/mol. The van der Waals surface area contributed by atoms with Crippen molar-refractivity contribution < 1.29 is 34.0 Å². The number of benzene rings is 1. The van der Waals surface area contributed by atoms with Crippen LogP contribution in [0.1, 0.15) is 82.6 Å². The summed E-state index contributed by atoms with van der Waals surface area (Å²) in [5.74, 6) is -0.724. The van der Waals surface area contributed by atoms with Crippen LogP contribution < -0.4 is 0 Å². The highest BCUT2D eigenvalue weighted by molar-refractivity contribution is 5.66. The van der Waals surface area contributed by atoms with Crippen LogP contribution >= 0.6 is 0 Å². The number of carboxylic acids is 1. The summed E-state index contributed by atoms with van der Waals surface area (Å²) in [6.45, 7) is 1.46. The zero-order valence-electron chi connectivity index (χ0n) is 23.8. The van der Waals surface area contributed by atoms with E-state index in [4.69, 9.17) is 24.1 Å². The molecule has 1 aromatic carbocycles. The van der Waals surface area contributed by atoms with Gasteiger partial charge in [0.15, 0.2) is 12.6 Å². The zero-order valence-corrected chi connectivity index (χ0v) is 23.8. The Morgan fingerprint density at radius 1 is 1.02 bits per heavy atom. The van der Waals surface area contributed by atoms with Crippen molar-refractivity contribution in [1.29, 1.82) is 0 Å². The second-order valence-electron chi connectivity index (χ2n) is 11.4. The highest BCUT2D eigenvalue weighted by atomic mass is 16.7. The second-order valence-corrected chi connectivity index (χ2v) is 11.4. The molecule has 222 valence electrons. The van der Waals surface area contributed by atoms with Crippen molar-refractivity contribution in [3.05, 3.63) is 60.2 Å². The van der Waals surface area contributed by atoms with Crippen molar-refractivity contribution in [3.63, 3.8) is 0 Å². The monoisotopic (exact) mass is 556 g/mol. The summed E-state index contributed by atoms with van der Waals surface area (Å²) in [6.07, 6.45) is 18.2. The van der Waals surface area contributed by atoms with Crippen molar-refractivity contribution in [2.75, 3.05) is 13.2 Å². The number of hydrogen-bond acceptors (Lipinski definition) is 6. The summed E-state index contributed by atoms with van der Waals surface area (Å²) in [4.78, 5) is 10.8. The Bertz CT molecular complexity index is 905. The van der Waals surface area contributed by atoms with Crippen LogP contribution in [0.15, 0.2) is 54.6 Å². The van der Waals surface area contributed by atoms with E-state index < -0.39 is 12.1 Å². The molecule has 0 amide bonds. The topological polar surface area (TPSA) is 94.5 Å². The van der Waals surface area contributed by atoms with Crippen LogP contribution in [-0.4, -0.2) is 60.3 Å². The van der Waals surface area contributed by atoms with Crippen LogP contribution in [0.3, 0.4) is 0 Å². The zero-order chi connectivity index (χ0) is 28.0. The molecule has 0 spiro atoms. The number of aliphatic carboxylic acids is 1. The third kappa shape index (κ3) is 10.4. The van der Waals surface area contributed by atoms with Crippen molar-refractivity contribution in [1.82, 2.24) is 0 Å². The molecular formula is C33H48O7. The molecule has 7 nitrogen and oxygen atoms in total. The Balaban J connectivity index is 1.44. The largest absolute Gasteiger partial charge is 0.481 e. The molecule has 2 N–H and O–H groups in total. The minimum absolute atomic E-state index is 0.0151. The highest BCUT2D eigenvalue weighted by Crippen LogP contribution is 2.39. The molecule has 40 heavy (non-hydrogen) atoms. The Labute approximate surface area is 239 Å². The van der Waals surface area contributed by atoms with E-state index in [0.717, 1.165) is 77.4 Å². The van der Waals surface area contributed by atoms with Gasteiger partial charge >= 0.3 is 5.97 Å².